The predicted octanol–water partition coefficient (Wildman–Crippen LogP) is 3.25. The Balaban J connectivity index is 1.34. The molecule has 154 valence electrons. The highest BCUT2D eigenvalue weighted by molar-refractivity contribution is 7.13. The van der Waals surface area contributed by atoms with Crippen molar-refractivity contribution in [3.05, 3.63) is 65.4 Å². The molecule has 1 fully saturated rings. The fraction of sp³-hybridized carbons (Fsp3) is 0.273. The molecule has 4 rings (SSSR count). The van der Waals surface area contributed by atoms with Gasteiger partial charge in [0, 0.05) is 42.5 Å². The molecule has 0 saturated carbocycles. The first-order chi connectivity index (χ1) is 14.7. The number of piperidine rings is 1. The first-order valence-electron chi connectivity index (χ1n) is 9.75. The van der Waals surface area contributed by atoms with Crippen LogP contribution in [-0.4, -0.2) is 52.9 Å². The van der Waals surface area contributed by atoms with E-state index in [-0.39, 0.29) is 17.9 Å². The van der Waals surface area contributed by atoms with E-state index in [4.69, 9.17) is 4.74 Å². The quantitative estimate of drug-likeness (QED) is 0.682. The van der Waals surface area contributed by atoms with Crippen molar-refractivity contribution < 1.29 is 14.3 Å². The lowest BCUT2D eigenvalue weighted by atomic mass is 10.0. The maximum atomic E-state index is 12.7. The summed E-state index contributed by atoms with van der Waals surface area (Å²) in [5.74, 6) is 0.541. The van der Waals surface area contributed by atoms with Gasteiger partial charge in [-0.1, -0.05) is 12.1 Å². The molecular weight excluding hydrogens is 400 g/mol. The number of carbonyl (C=O) groups is 2. The molecule has 1 N–H and O–H groups in total. The lowest BCUT2D eigenvalue weighted by Crippen LogP contribution is -2.46. The Morgan fingerprint density at radius 3 is 2.60 bits per heavy atom. The number of hydrogen-bond donors (Lipinski definition) is 1. The Kier molecular flexibility index (Phi) is 6.04. The number of nitrogens with one attached hydrogen (secondary N) is 1. The van der Waals surface area contributed by atoms with Crippen molar-refractivity contribution in [1.29, 1.82) is 0 Å². The van der Waals surface area contributed by atoms with Gasteiger partial charge in [-0.2, -0.15) is 0 Å². The molecule has 3 heterocycles. The number of rotatable bonds is 5. The Morgan fingerprint density at radius 1 is 1.13 bits per heavy atom. The van der Waals surface area contributed by atoms with Crippen LogP contribution in [0.15, 0.2) is 54.2 Å². The summed E-state index contributed by atoms with van der Waals surface area (Å²) < 4.78 is 5.38. The van der Waals surface area contributed by atoms with Gasteiger partial charge in [-0.05, 0) is 37.1 Å². The van der Waals surface area contributed by atoms with Crippen LogP contribution >= 0.6 is 11.3 Å². The van der Waals surface area contributed by atoms with E-state index in [1.54, 1.807) is 37.0 Å². The van der Waals surface area contributed by atoms with Crippen LogP contribution in [-0.2, 0) is 0 Å². The largest absolute Gasteiger partial charge is 0.496 e. The van der Waals surface area contributed by atoms with E-state index in [1.807, 2.05) is 29.2 Å². The van der Waals surface area contributed by atoms with Crippen LogP contribution in [0.2, 0.25) is 0 Å². The van der Waals surface area contributed by atoms with Gasteiger partial charge in [0.25, 0.3) is 11.8 Å². The van der Waals surface area contributed by atoms with Gasteiger partial charge >= 0.3 is 0 Å². The summed E-state index contributed by atoms with van der Waals surface area (Å²) in [7, 11) is 1.62. The summed E-state index contributed by atoms with van der Waals surface area (Å²) in [5, 5.41) is 5.56. The molecule has 2 amide bonds. The third kappa shape index (κ3) is 4.33. The van der Waals surface area contributed by atoms with Crippen molar-refractivity contribution in [3.63, 3.8) is 0 Å². The number of nitrogens with zero attached hydrogens (tertiary/aromatic N) is 3. The predicted molar refractivity (Wildman–Crippen MR) is 115 cm³/mol. The zero-order valence-electron chi connectivity index (χ0n) is 16.6. The first kappa shape index (κ1) is 20.0. The summed E-state index contributed by atoms with van der Waals surface area (Å²) in [5.41, 5.74) is 1.90. The monoisotopic (exact) mass is 422 g/mol. The number of para-hydroxylation sites is 1. The van der Waals surface area contributed by atoms with Crippen molar-refractivity contribution in [3.8, 4) is 16.3 Å². The molecule has 7 nitrogen and oxygen atoms in total. The van der Waals surface area contributed by atoms with Gasteiger partial charge < -0.3 is 15.0 Å². The molecule has 0 unspecified atom stereocenters. The van der Waals surface area contributed by atoms with Crippen LogP contribution in [0, 0.1) is 0 Å². The normalized spacial score (nSPS) is 14.4. The second kappa shape index (κ2) is 9.04. The van der Waals surface area contributed by atoms with E-state index in [0.29, 0.717) is 37.2 Å². The van der Waals surface area contributed by atoms with Crippen LogP contribution in [0.1, 0.15) is 33.7 Å². The summed E-state index contributed by atoms with van der Waals surface area (Å²) in [6, 6.07) is 11.1. The second-order valence-corrected chi connectivity index (χ2v) is 7.87. The number of benzene rings is 1. The van der Waals surface area contributed by atoms with Crippen LogP contribution in [0.5, 0.6) is 5.75 Å². The summed E-state index contributed by atoms with van der Waals surface area (Å²) >= 11 is 1.41. The molecule has 1 aliphatic rings. The van der Waals surface area contributed by atoms with Gasteiger partial charge in [0.1, 0.15) is 16.5 Å². The molecule has 0 atom stereocenters. The number of thiazole rings is 1. The van der Waals surface area contributed by atoms with Crippen molar-refractivity contribution >= 4 is 23.2 Å². The van der Waals surface area contributed by atoms with E-state index in [1.165, 1.54) is 11.3 Å². The van der Waals surface area contributed by atoms with Gasteiger partial charge in [-0.3, -0.25) is 14.6 Å². The minimum absolute atomic E-state index is 0.00290. The Bertz CT molecular complexity index is 1030. The molecular formula is C22H22N4O3S. The molecule has 30 heavy (non-hydrogen) atoms. The van der Waals surface area contributed by atoms with E-state index in [2.05, 4.69) is 15.3 Å². The minimum atomic E-state index is -0.189. The van der Waals surface area contributed by atoms with Crippen molar-refractivity contribution in [2.24, 2.45) is 0 Å². The molecule has 0 spiro atoms. The fourth-order valence-corrected chi connectivity index (χ4v) is 4.32. The number of likely N-dealkylation sites (tertiary alicyclic amines) is 1. The van der Waals surface area contributed by atoms with Crippen LogP contribution < -0.4 is 10.1 Å². The molecule has 1 aliphatic heterocycles. The first-order valence-corrected chi connectivity index (χ1v) is 10.6. The van der Waals surface area contributed by atoms with Crippen molar-refractivity contribution in [2.75, 3.05) is 20.2 Å². The SMILES string of the molecule is COc1ccccc1-c1nc(C(=O)NC2CCN(C(=O)c3ccncc3)CC2)cs1. The zero-order chi connectivity index (χ0) is 20.9. The van der Waals surface area contributed by atoms with Gasteiger partial charge in [-0.15, -0.1) is 11.3 Å². The lowest BCUT2D eigenvalue weighted by molar-refractivity contribution is 0.0697. The van der Waals surface area contributed by atoms with Crippen molar-refractivity contribution in [1.82, 2.24) is 20.2 Å². The molecule has 3 aromatic rings. The Labute approximate surface area is 178 Å². The third-order valence-electron chi connectivity index (χ3n) is 5.12. The third-order valence-corrected chi connectivity index (χ3v) is 5.99. The Hall–Kier alpha value is -3.26. The number of ether oxygens (including phenoxy) is 1. The maximum absolute atomic E-state index is 12.7. The molecule has 0 bridgehead atoms. The van der Waals surface area contributed by atoms with Gasteiger partial charge in [0.15, 0.2) is 0 Å². The topological polar surface area (TPSA) is 84.4 Å². The van der Waals surface area contributed by atoms with E-state index in [9.17, 15) is 9.59 Å². The van der Waals surface area contributed by atoms with Crippen LogP contribution in [0.4, 0.5) is 0 Å². The maximum Gasteiger partial charge on any atom is 0.270 e. The van der Waals surface area contributed by atoms with Crippen molar-refractivity contribution in [2.45, 2.75) is 18.9 Å². The molecule has 0 radical (unpaired) electrons. The minimum Gasteiger partial charge on any atom is -0.496 e. The van der Waals surface area contributed by atoms with Gasteiger partial charge in [0.05, 0.1) is 12.7 Å². The average Bonchev–Trinajstić information content (AvgIpc) is 3.30. The highest BCUT2D eigenvalue weighted by Crippen LogP contribution is 2.31. The standard InChI is InChI=1S/C22H22N4O3S/c1-29-19-5-3-2-4-17(19)21-25-18(14-30-21)20(27)24-16-8-12-26(13-9-16)22(28)15-6-10-23-11-7-15/h2-7,10-11,14,16H,8-9,12-13H2,1H3,(H,24,27). The fourth-order valence-electron chi connectivity index (χ4n) is 3.49. The summed E-state index contributed by atoms with van der Waals surface area (Å²) in [6.07, 6.45) is 4.67. The molecule has 0 aliphatic carbocycles. The van der Waals surface area contributed by atoms with Crippen LogP contribution in [0.3, 0.4) is 0 Å². The smallest absolute Gasteiger partial charge is 0.270 e. The van der Waals surface area contributed by atoms with E-state index < -0.39 is 0 Å². The average molecular weight is 423 g/mol. The van der Waals surface area contributed by atoms with Gasteiger partial charge in [0.2, 0.25) is 0 Å². The lowest BCUT2D eigenvalue weighted by Gasteiger charge is -2.32. The number of methoxy groups -OCH3 is 1. The number of carbonyl (C=O) groups excluding carboxylic acids is 2. The Morgan fingerprint density at radius 2 is 1.87 bits per heavy atom. The molecule has 1 aromatic carbocycles. The number of aromatic nitrogens is 2. The van der Waals surface area contributed by atoms with Crippen LogP contribution in [0.25, 0.3) is 10.6 Å². The number of pyridine rings is 1. The highest BCUT2D eigenvalue weighted by atomic mass is 32.1. The highest BCUT2D eigenvalue weighted by Gasteiger charge is 2.25. The summed E-state index contributed by atoms with van der Waals surface area (Å²) in [6.45, 7) is 1.21. The van der Waals surface area contributed by atoms with Gasteiger partial charge in [-0.25, -0.2) is 4.98 Å². The molecule has 8 heteroatoms. The summed E-state index contributed by atoms with van der Waals surface area (Å²) in [4.78, 5) is 35.5. The second-order valence-electron chi connectivity index (χ2n) is 7.01. The number of hydrogen-bond acceptors (Lipinski definition) is 6. The van der Waals surface area contributed by atoms with E-state index in [0.717, 1.165) is 16.3 Å². The molecule has 2 aromatic heterocycles. The zero-order valence-corrected chi connectivity index (χ0v) is 17.4. The van der Waals surface area contributed by atoms with E-state index >= 15 is 0 Å². The number of amides is 2. The molecule has 1 saturated heterocycles.